The summed E-state index contributed by atoms with van der Waals surface area (Å²) in [7, 11) is 1.22. The number of phosphoric ester groups is 1. The number of nitrogens with one attached hydrogen (secondary N) is 1. The number of unbranched alkanes of at least 4 members (excludes halogenated alkanes) is 27. The number of nitrogens with zero attached hydrogens (tertiary/aromatic N) is 1. The molecule has 3 unspecified atom stereocenters. The van der Waals surface area contributed by atoms with Crippen molar-refractivity contribution in [3.05, 3.63) is 134 Å². The van der Waals surface area contributed by atoms with E-state index in [1.54, 1.807) is 6.08 Å². The molecule has 0 saturated heterocycles. The van der Waals surface area contributed by atoms with E-state index >= 15 is 0 Å². The number of hydrogen-bond acceptors (Lipinski definition) is 6. The first kappa shape index (κ1) is 78.6. The summed E-state index contributed by atoms with van der Waals surface area (Å²) >= 11 is 0. The molecule has 0 aliphatic rings. The molecule has 2 N–H and O–H groups in total. The molecule has 0 aliphatic heterocycles. The highest BCUT2D eigenvalue weighted by molar-refractivity contribution is 7.45. The minimum Gasteiger partial charge on any atom is -0.756 e. The van der Waals surface area contributed by atoms with Gasteiger partial charge in [0.15, 0.2) is 0 Å². The Balaban J connectivity index is 4.22. The summed E-state index contributed by atoms with van der Waals surface area (Å²) in [5.74, 6) is -0.220. The van der Waals surface area contributed by atoms with Crippen molar-refractivity contribution in [3.63, 3.8) is 0 Å². The van der Waals surface area contributed by atoms with E-state index in [2.05, 4.69) is 141 Å². The quantitative estimate of drug-likeness (QED) is 0.0272. The number of carbonyl (C=O) groups excluding carboxylic acids is 1. The second kappa shape index (κ2) is 62.2. The summed E-state index contributed by atoms with van der Waals surface area (Å²) < 4.78 is 23.4. The number of hydrogen-bond donors (Lipinski definition) is 2. The molecule has 0 aromatic carbocycles. The van der Waals surface area contributed by atoms with Crippen molar-refractivity contribution in [3.8, 4) is 0 Å². The number of aliphatic hydroxyl groups excluding tert-OH is 1. The summed E-state index contributed by atoms with van der Waals surface area (Å²) in [4.78, 5) is 25.6. The van der Waals surface area contributed by atoms with Gasteiger partial charge in [-0.3, -0.25) is 9.36 Å². The third kappa shape index (κ3) is 64.2. The van der Waals surface area contributed by atoms with Gasteiger partial charge in [-0.25, -0.2) is 0 Å². The van der Waals surface area contributed by atoms with Gasteiger partial charge in [-0.15, -0.1) is 0 Å². The van der Waals surface area contributed by atoms with Crippen molar-refractivity contribution >= 4 is 13.7 Å². The summed E-state index contributed by atoms with van der Waals surface area (Å²) in [6, 6.07) is -0.923. The summed E-state index contributed by atoms with van der Waals surface area (Å²) in [6.45, 7) is 4.51. The molecule has 0 heterocycles. The summed E-state index contributed by atoms with van der Waals surface area (Å²) in [6.07, 6.45) is 94.1. The molecular formula is C73H127N2O6P. The molecule has 0 rings (SSSR count). The highest BCUT2D eigenvalue weighted by Gasteiger charge is 2.23. The Kier molecular flexibility index (Phi) is 59.6. The lowest BCUT2D eigenvalue weighted by Gasteiger charge is -2.29. The van der Waals surface area contributed by atoms with E-state index < -0.39 is 26.6 Å². The zero-order chi connectivity index (χ0) is 59.8. The van der Waals surface area contributed by atoms with Crippen molar-refractivity contribution in [2.45, 2.75) is 283 Å². The molecular weight excluding hydrogens is 1030 g/mol. The molecule has 0 spiro atoms. The van der Waals surface area contributed by atoms with E-state index in [1.807, 2.05) is 27.2 Å². The van der Waals surface area contributed by atoms with Gasteiger partial charge in [0.25, 0.3) is 7.82 Å². The van der Waals surface area contributed by atoms with Crippen molar-refractivity contribution in [1.29, 1.82) is 0 Å². The molecule has 0 saturated carbocycles. The number of aliphatic hydroxyl groups is 1. The van der Waals surface area contributed by atoms with E-state index in [4.69, 9.17) is 9.05 Å². The van der Waals surface area contributed by atoms with Crippen LogP contribution in [0.25, 0.3) is 0 Å². The van der Waals surface area contributed by atoms with Crippen LogP contribution in [0.3, 0.4) is 0 Å². The SMILES string of the molecule is CC/C=C\C/C=C\C/C=C\C/C=C\C/C=C\C/C=C\C/C=C\C/C=C\CCCCCCCCCCCCC(=O)NC(COP(=O)([O-])OCC[N+](C)(C)C)C(O)/C=C/CC/C=C/CC/C=C/CCCCCCCCCCCCCCCCC. The molecule has 9 heteroatoms. The highest BCUT2D eigenvalue weighted by Crippen LogP contribution is 2.38. The van der Waals surface area contributed by atoms with E-state index in [9.17, 15) is 19.4 Å². The molecule has 0 aromatic rings. The predicted octanol–water partition coefficient (Wildman–Crippen LogP) is 20.8. The maximum Gasteiger partial charge on any atom is 0.268 e. The smallest absolute Gasteiger partial charge is 0.268 e. The fraction of sp³-hybridized carbons (Fsp3) is 0.685. The van der Waals surface area contributed by atoms with Crippen LogP contribution >= 0.6 is 7.82 Å². The van der Waals surface area contributed by atoms with Crippen LogP contribution in [0, 0.1) is 0 Å². The van der Waals surface area contributed by atoms with Gasteiger partial charge in [-0.2, -0.15) is 0 Å². The molecule has 0 fully saturated rings. The first-order chi connectivity index (χ1) is 40.0. The number of allylic oxidation sites excluding steroid dienone is 21. The van der Waals surface area contributed by atoms with Gasteiger partial charge >= 0.3 is 0 Å². The normalized spacial score (nSPS) is 14.6. The Morgan fingerprint density at radius 2 is 0.756 bits per heavy atom. The van der Waals surface area contributed by atoms with Gasteiger partial charge in [0, 0.05) is 6.42 Å². The first-order valence-corrected chi connectivity index (χ1v) is 35.0. The van der Waals surface area contributed by atoms with Crippen molar-refractivity contribution in [2.75, 3.05) is 40.9 Å². The topological polar surface area (TPSA) is 108 Å². The fourth-order valence-electron chi connectivity index (χ4n) is 9.14. The third-order valence-corrected chi connectivity index (χ3v) is 15.3. The second-order valence-electron chi connectivity index (χ2n) is 23.4. The van der Waals surface area contributed by atoms with Crippen LogP contribution in [0.15, 0.2) is 134 Å². The van der Waals surface area contributed by atoms with Crippen LogP contribution in [0.2, 0.25) is 0 Å². The number of phosphoric acid groups is 1. The minimum atomic E-state index is -4.62. The number of rotatable bonds is 60. The molecule has 0 aliphatic carbocycles. The Labute approximate surface area is 506 Å². The minimum absolute atomic E-state index is 0.0161. The number of amides is 1. The summed E-state index contributed by atoms with van der Waals surface area (Å²) in [5.41, 5.74) is 0. The van der Waals surface area contributed by atoms with Gasteiger partial charge in [-0.1, -0.05) is 289 Å². The number of likely N-dealkylation sites (N-methyl/N-ethyl adjacent to an activating group) is 1. The summed E-state index contributed by atoms with van der Waals surface area (Å²) in [5, 5.41) is 13.9. The van der Waals surface area contributed by atoms with Crippen LogP contribution in [-0.2, 0) is 18.4 Å². The molecule has 0 bridgehead atoms. The lowest BCUT2D eigenvalue weighted by atomic mass is 10.0. The largest absolute Gasteiger partial charge is 0.756 e. The molecule has 3 atom stereocenters. The Morgan fingerprint density at radius 3 is 1.13 bits per heavy atom. The van der Waals surface area contributed by atoms with E-state index in [-0.39, 0.29) is 12.5 Å². The average molecular weight is 1160 g/mol. The van der Waals surface area contributed by atoms with Crippen LogP contribution in [0.5, 0.6) is 0 Å². The monoisotopic (exact) mass is 1160 g/mol. The van der Waals surface area contributed by atoms with Crippen LogP contribution < -0.4 is 10.2 Å². The third-order valence-electron chi connectivity index (χ3n) is 14.3. The number of quaternary nitrogens is 1. The highest BCUT2D eigenvalue weighted by atomic mass is 31.2. The van der Waals surface area contributed by atoms with Crippen molar-refractivity contribution in [1.82, 2.24) is 5.32 Å². The second-order valence-corrected chi connectivity index (χ2v) is 24.8. The van der Waals surface area contributed by atoms with Crippen LogP contribution in [0.4, 0.5) is 0 Å². The van der Waals surface area contributed by atoms with Crippen LogP contribution in [0.1, 0.15) is 271 Å². The van der Waals surface area contributed by atoms with Crippen LogP contribution in [-0.4, -0.2) is 68.5 Å². The van der Waals surface area contributed by atoms with Gasteiger partial charge in [0.2, 0.25) is 5.91 Å². The van der Waals surface area contributed by atoms with Gasteiger partial charge < -0.3 is 28.8 Å². The molecule has 0 aromatic heterocycles. The zero-order valence-corrected chi connectivity index (χ0v) is 54.5. The van der Waals surface area contributed by atoms with E-state index in [0.717, 1.165) is 109 Å². The van der Waals surface area contributed by atoms with Gasteiger partial charge in [-0.05, 0) is 109 Å². The predicted molar refractivity (Wildman–Crippen MR) is 357 cm³/mol. The molecule has 470 valence electrons. The Bertz CT molecular complexity index is 1800. The number of carbonyl (C=O) groups is 1. The lowest BCUT2D eigenvalue weighted by molar-refractivity contribution is -0.870. The average Bonchev–Trinajstić information content (AvgIpc) is 3.45. The van der Waals surface area contributed by atoms with Crippen molar-refractivity contribution in [2.24, 2.45) is 0 Å². The van der Waals surface area contributed by atoms with Gasteiger partial charge in [0.05, 0.1) is 39.9 Å². The van der Waals surface area contributed by atoms with E-state index in [1.165, 1.54) is 141 Å². The Hall–Kier alpha value is -3.36. The van der Waals surface area contributed by atoms with Gasteiger partial charge in [0.1, 0.15) is 13.2 Å². The van der Waals surface area contributed by atoms with Crippen molar-refractivity contribution < 1.29 is 32.9 Å². The maximum atomic E-state index is 13.0. The molecule has 0 radical (unpaired) electrons. The first-order valence-electron chi connectivity index (χ1n) is 33.5. The fourth-order valence-corrected chi connectivity index (χ4v) is 9.87. The standard InChI is InChI=1S/C73H127N2O6P/c1-6-8-10-12-14-16-18-20-22-24-26-28-30-32-33-34-35-36-37-38-39-40-41-43-45-47-49-51-53-55-57-59-61-63-65-67-73(77)74-71(70-81-82(78,79)80-69-68-75(3,4)5)72(76)66-64-62-60-58-56-54-52-50-48-46-44-42-31-29-27-25-23-21-19-17-15-13-11-9-7-2/h8,10,14,16,20,22,26,28,32-33,35-36,38-39,41,43,48,50,56,58,64,66,71-72,76H,6-7,9,11-13,15,17-19,21,23-25,27,29-31,34,37,40,42,44-47,49,51-55,57,59-63,65,67-70H2,1-5H3,(H-,74,77,78,79)/b10-8-,16-14-,22-20-,28-26-,33-32-,36-35-,39-38-,43-41-,50-48+,58-56+,66-64+. The molecule has 1 amide bonds. The maximum absolute atomic E-state index is 13.0. The Morgan fingerprint density at radius 1 is 0.439 bits per heavy atom. The van der Waals surface area contributed by atoms with E-state index in [0.29, 0.717) is 17.4 Å². The molecule has 82 heavy (non-hydrogen) atoms. The molecule has 8 nitrogen and oxygen atoms in total. The zero-order valence-electron chi connectivity index (χ0n) is 53.6. The lowest BCUT2D eigenvalue weighted by Crippen LogP contribution is -2.45.